The molecule has 3 rings (SSSR count). The van der Waals surface area contributed by atoms with E-state index in [1.807, 2.05) is 4.31 Å². The second-order valence-electron chi connectivity index (χ2n) is 7.25. The fraction of sp³-hybridized carbons (Fsp3) is 1.00. The molecular formula is C16H30N2O2S. The number of piperidine rings is 2. The highest BCUT2D eigenvalue weighted by Crippen LogP contribution is 2.37. The zero-order valence-corrected chi connectivity index (χ0v) is 13.9. The van der Waals surface area contributed by atoms with E-state index in [9.17, 15) is 8.42 Å². The second kappa shape index (κ2) is 6.97. The Bertz CT molecular complexity index is 432. The first kappa shape index (κ1) is 15.8. The lowest BCUT2D eigenvalue weighted by Gasteiger charge is -2.40. The minimum Gasteiger partial charge on any atom is -0.317 e. The molecule has 0 amide bonds. The monoisotopic (exact) mass is 314 g/mol. The first-order valence-corrected chi connectivity index (χ1v) is 10.4. The maximum absolute atomic E-state index is 12.6. The van der Waals surface area contributed by atoms with Crippen LogP contribution in [0.4, 0.5) is 0 Å². The highest BCUT2D eigenvalue weighted by atomic mass is 32.2. The molecule has 0 bridgehead atoms. The number of hydrogen-bond acceptors (Lipinski definition) is 3. The van der Waals surface area contributed by atoms with Crippen molar-refractivity contribution in [3.05, 3.63) is 0 Å². The molecule has 2 saturated heterocycles. The van der Waals surface area contributed by atoms with Crippen LogP contribution in [-0.2, 0) is 10.0 Å². The van der Waals surface area contributed by atoms with E-state index in [-0.39, 0.29) is 0 Å². The van der Waals surface area contributed by atoms with Crippen LogP contribution in [0.25, 0.3) is 0 Å². The second-order valence-corrected chi connectivity index (χ2v) is 9.34. The van der Waals surface area contributed by atoms with Crippen molar-refractivity contribution in [2.75, 3.05) is 31.9 Å². The van der Waals surface area contributed by atoms with Crippen molar-refractivity contribution < 1.29 is 8.42 Å². The molecule has 3 fully saturated rings. The number of nitrogens with one attached hydrogen (secondary N) is 1. The number of hydrogen-bond donors (Lipinski definition) is 1. The van der Waals surface area contributed by atoms with Crippen LogP contribution in [0.2, 0.25) is 0 Å². The number of fused-ring (bicyclic) bond motifs is 1. The quantitative estimate of drug-likeness (QED) is 0.865. The van der Waals surface area contributed by atoms with Gasteiger partial charge in [-0.3, -0.25) is 0 Å². The molecule has 0 aromatic heterocycles. The smallest absolute Gasteiger partial charge is 0.214 e. The molecule has 21 heavy (non-hydrogen) atoms. The summed E-state index contributed by atoms with van der Waals surface area (Å²) in [7, 11) is -3.02. The molecule has 2 unspecified atom stereocenters. The maximum Gasteiger partial charge on any atom is 0.214 e. The van der Waals surface area contributed by atoms with E-state index >= 15 is 0 Å². The van der Waals surface area contributed by atoms with Crippen molar-refractivity contribution in [1.82, 2.24) is 9.62 Å². The van der Waals surface area contributed by atoms with Gasteiger partial charge in [-0.15, -0.1) is 0 Å². The van der Waals surface area contributed by atoms with Gasteiger partial charge in [-0.2, -0.15) is 0 Å². The van der Waals surface area contributed by atoms with Crippen molar-refractivity contribution in [2.24, 2.45) is 17.8 Å². The van der Waals surface area contributed by atoms with E-state index in [0.29, 0.717) is 17.6 Å². The predicted molar refractivity (Wildman–Crippen MR) is 85.6 cm³/mol. The largest absolute Gasteiger partial charge is 0.317 e. The van der Waals surface area contributed by atoms with Crippen LogP contribution in [-0.4, -0.2) is 44.7 Å². The normalized spacial score (nSPS) is 32.8. The Labute approximate surface area is 129 Å². The lowest BCUT2D eigenvalue weighted by atomic mass is 9.76. The molecule has 0 aromatic carbocycles. The SMILES string of the molecule is O=S(=O)(CCC1CCNCC1)N1CCC2CCCCC2C1. The Balaban J connectivity index is 1.52. The highest BCUT2D eigenvalue weighted by Gasteiger charge is 2.35. The molecular weight excluding hydrogens is 284 g/mol. The average molecular weight is 314 g/mol. The fourth-order valence-electron chi connectivity index (χ4n) is 4.44. The van der Waals surface area contributed by atoms with Crippen LogP contribution in [0, 0.1) is 17.8 Å². The summed E-state index contributed by atoms with van der Waals surface area (Å²) in [5.74, 6) is 2.42. The van der Waals surface area contributed by atoms with E-state index in [0.717, 1.165) is 57.8 Å². The molecule has 122 valence electrons. The van der Waals surface area contributed by atoms with Gasteiger partial charge in [0.15, 0.2) is 0 Å². The summed E-state index contributed by atoms with van der Waals surface area (Å²) in [5.41, 5.74) is 0. The van der Waals surface area contributed by atoms with Crippen molar-refractivity contribution in [2.45, 2.75) is 51.4 Å². The molecule has 2 heterocycles. The summed E-state index contributed by atoms with van der Waals surface area (Å²) in [5, 5.41) is 3.35. The minimum absolute atomic E-state index is 0.370. The van der Waals surface area contributed by atoms with E-state index in [4.69, 9.17) is 0 Å². The molecule has 0 radical (unpaired) electrons. The van der Waals surface area contributed by atoms with Gasteiger partial charge < -0.3 is 5.32 Å². The van der Waals surface area contributed by atoms with Gasteiger partial charge in [-0.1, -0.05) is 19.3 Å². The van der Waals surface area contributed by atoms with Crippen LogP contribution >= 0.6 is 0 Å². The van der Waals surface area contributed by atoms with Crippen LogP contribution in [0.15, 0.2) is 0 Å². The first-order valence-electron chi connectivity index (χ1n) is 8.84. The van der Waals surface area contributed by atoms with Crippen molar-refractivity contribution in [3.8, 4) is 0 Å². The minimum atomic E-state index is -3.02. The Morgan fingerprint density at radius 2 is 1.67 bits per heavy atom. The topological polar surface area (TPSA) is 49.4 Å². The van der Waals surface area contributed by atoms with Gasteiger partial charge in [-0.25, -0.2) is 12.7 Å². The fourth-order valence-corrected chi connectivity index (χ4v) is 6.13. The van der Waals surface area contributed by atoms with Crippen LogP contribution < -0.4 is 5.32 Å². The molecule has 0 aromatic rings. The zero-order valence-electron chi connectivity index (χ0n) is 13.1. The number of nitrogens with zero attached hydrogens (tertiary/aromatic N) is 1. The van der Waals surface area contributed by atoms with Gasteiger partial charge in [0.25, 0.3) is 0 Å². The molecule has 5 heteroatoms. The lowest BCUT2D eigenvalue weighted by Crippen LogP contribution is -2.45. The summed E-state index contributed by atoms with van der Waals surface area (Å²) in [6.45, 7) is 3.69. The van der Waals surface area contributed by atoms with E-state index in [2.05, 4.69) is 5.32 Å². The third kappa shape index (κ3) is 3.99. The van der Waals surface area contributed by atoms with Gasteiger partial charge in [0.2, 0.25) is 10.0 Å². The van der Waals surface area contributed by atoms with Crippen molar-refractivity contribution >= 4 is 10.0 Å². The van der Waals surface area contributed by atoms with Crippen molar-refractivity contribution in [3.63, 3.8) is 0 Å². The van der Waals surface area contributed by atoms with Crippen LogP contribution in [0.1, 0.15) is 51.4 Å². The summed E-state index contributed by atoms with van der Waals surface area (Å²) in [6.07, 6.45) is 9.44. The van der Waals surface area contributed by atoms with Crippen LogP contribution in [0.5, 0.6) is 0 Å². The summed E-state index contributed by atoms with van der Waals surface area (Å²) < 4.78 is 27.0. The predicted octanol–water partition coefficient (Wildman–Crippen LogP) is 2.22. The molecule has 1 saturated carbocycles. The van der Waals surface area contributed by atoms with Gasteiger partial charge in [0.1, 0.15) is 0 Å². The maximum atomic E-state index is 12.6. The Hall–Kier alpha value is -0.130. The van der Waals surface area contributed by atoms with E-state index in [1.165, 1.54) is 25.7 Å². The van der Waals surface area contributed by atoms with E-state index < -0.39 is 10.0 Å². The molecule has 0 spiro atoms. The Kier molecular flexibility index (Phi) is 5.23. The van der Waals surface area contributed by atoms with Crippen LogP contribution in [0.3, 0.4) is 0 Å². The Morgan fingerprint density at radius 3 is 2.43 bits per heavy atom. The van der Waals surface area contributed by atoms with Crippen molar-refractivity contribution in [1.29, 1.82) is 0 Å². The van der Waals surface area contributed by atoms with Gasteiger partial charge in [0, 0.05) is 13.1 Å². The molecule has 3 aliphatic rings. The molecule has 4 nitrogen and oxygen atoms in total. The van der Waals surface area contributed by atoms with Gasteiger partial charge >= 0.3 is 0 Å². The number of rotatable bonds is 4. The summed E-state index contributed by atoms with van der Waals surface area (Å²) in [4.78, 5) is 0. The third-order valence-corrected chi connectivity index (χ3v) is 7.76. The number of sulfonamides is 1. The highest BCUT2D eigenvalue weighted by molar-refractivity contribution is 7.89. The average Bonchev–Trinajstić information content (AvgIpc) is 2.53. The molecule has 1 N–H and O–H groups in total. The summed E-state index contributed by atoms with van der Waals surface area (Å²) >= 11 is 0. The van der Waals surface area contributed by atoms with Gasteiger partial charge in [-0.05, 0) is 62.9 Å². The third-order valence-electron chi connectivity index (χ3n) is 5.89. The molecule has 2 aliphatic heterocycles. The lowest BCUT2D eigenvalue weighted by molar-refractivity contribution is 0.136. The zero-order chi connectivity index (χ0) is 14.7. The van der Waals surface area contributed by atoms with E-state index in [1.54, 1.807) is 0 Å². The Morgan fingerprint density at radius 1 is 0.952 bits per heavy atom. The summed E-state index contributed by atoms with van der Waals surface area (Å²) in [6, 6.07) is 0. The molecule has 2 atom stereocenters. The standard InChI is InChI=1S/C16H30N2O2S/c19-21(20,12-8-14-5-9-17-10-6-14)18-11-7-15-3-1-2-4-16(15)13-18/h14-17H,1-13H2. The first-order chi connectivity index (χ1) is 10.1. The van der Waals surface area contributed by atoms with Gasteiger partial charge in [0.05, 0.1) is 5.75 Å². The molecule has 1 aliphatic carbocycles.